The molecule has 0 radical (unpaired) electrons. The highest BCUT2D eigenvalue weighted by molar-refractivity contribution is 5.74. The largest absolute Gasteiger partial charge is 0.508 e. The summed E-state index contributed by atoms with van der Waals surface area (Å²) >= 11 is 0. The Kier molecular flexibility index (Phi) is 6.22. The van der Waals surface area contributed by atoms with Gasteiger partial charge in [0.2, 0.25) is 0 Å². The first-order valence-corrected chi connectivity index (χ1v) is 9.66. The molecule has 27 heavy (non-hydrogen) atoms. The summed E-state index contributed by atoms with van der Waals surface area (Å²) in [7, 11) is 0. The predicted molar refractivity (Wildman–Crippen MR) is 109 cm³/mol. The van der Waals surface area contributed by atoms with Crippen LogP contribution in [0.1, 0.15) is 24.5 Å². The Hall–Kier alpha value is -2.69. The van der Waals surface area contributed by atoms with Crippen molar-refractivity contribution in [3.8, 4) is 5.75 Å². The fourth-order valence-electron chi connectivity index (χ4n) is 3.41. The number of rotatable bonds is 5. The number of urea groups is 1. The summed E-state index contributed by atoms with van der Waals surface area (Å²) in [6, 6.07) is 15.9. The van der Waals surface area contributed by atoms with Crippen molar-refractivity contribution in [3.05, 3.63) is 59.7 Å². The number of hydrogen-bond acceptors (Lipinski definition) is 3. The number of carbonyl (C=O) groups excluding carboxylic acids is 1. The van der Waals surface area contributed by atoms with Crippen LogP contribution in [0.5, 0.6) is 5.75 Å². The average molecular weight is 367 g/mol. The molecule has 0 aromatic heterocycles. The van der Waals surface area contributed by atoms with Gasteiger partial charge in [0.25, 0.3) is 0 Å². The number of aromatic hydroxyl groups is 1. The maximum absolute atomic E-state index is 12.5. The molecule has 2 N–H and O–H groups in total. The van der Waals surface area contributed by atoms with Gasteiger partial charge in [-0.25, -0.2) is 4.79 Å². The third-order valence-corrected chi connectivity index (χ3v) is 5.11. The SMILES string of the molecule is Cc1cccc(N2CCN(C(=O)NC(C)CCc3ccc(O)cc3)CC2)c1. The lowest BCUT2D eigenvalue weighted by Gasteiger charge is -2.36. The summed E-state index contributed by atoms with van der Waals surface area (Å²) in [6.45, 7) is 7.35. The summed E-state index contributed by atoms with van der Waals surface area (Å²) in [4.78, 5) is 16.8. The number of phenols is 1. The van der Waals surface area contributed by atoms with E-state index < -0.39 is 0 Å². The van der Waals surface area contributed by atoms with E-state index >= 15 is 0 Å². The van der Waals surface area contributed by atoms with Crippen molar-refractivity contribution in [1.82, 2.24) is 10.2 Å². The molecule has 5 heteroatoms. The Morgan fingerprint density at radius 2 is 1.81 bits per heavy atom. The van der Waals surface area contributed by atoms with Crippen LogP contribution in [0.3, 0.4) is 0 Å². The topological polar surface area (TPSA) is 55.8 Å². The smallest absolute Gasteiger partial charge is 0.317 e. The van der Waals surface area contributed by atoms with Gasteiger partial charge in [0.15, 0.2) is 0 Å². The molecule has 2 aromatic rings. The molecule has 1 fully saturated rings. The minimum absolute atomic E-state index is 0.0251. The molecule has 5 nitrogen and oxygen atoms in total. The molecular weight excluding hydrogens is 338 g/mol. The molecule has 1 saturated heterocycles. The number of carbonyl (C=O) groups is 1. The van der Waals surface area contributed by atoms with Gasteiger partial charge in [-0.3, -0.25) is 0 Å². The van der Waals surface area contributed by atoms with E-state index in [0.29, 0.717) is 0 Å². The number of phenolic OH excluding ortho intramolecular Hbond substituents is 1. The van der Waals surface area contributed by atoms with Crippen molar-refractivity contribution in [2.75, 3.05) is 31.1 Å². The third kappa shape index (κ3) is 5.39. The Morgan fingerprint density at radius 3 is 2.48 bits per heavy atom. The van der Waals surface area contributed by atoms with Gasteiger partial charge < -0.3 is 20.2 Å². The maximum atomic E-state index is 12.5. The average Bonchev–Trinajstić information content (AvgIpc) is 2.67. The second kappa shape index (κ2) is 8.80. The highest BCUT2D eigenvalue weighted by atomic mass is 16.3. The molecule has 144 valence electrons. The molecule has 2 aromatic carbocycles. The Balaban J connectivity index is 1.43. The van der Waals surface area contributed by atoms with Crippen LogP contribution in [-0.2, 0) is 6.42 Å². The predicted octanol–water partition coefficient (Wildman–Crippen LogP) is 3.55. The van der Waals surface area contributed by atoms with E-state index in [-0.39, 0.29) is 17.8 Å². The molecule has 0 aliphatic carbocycles. The van der Waals surface area contributed by atoms with Gasteiger partial charge in [-0.05, 0) is 62.1 Å². The number of aryl methyl sites for hydroxylation is 2. The van der Waals surface area contributed by atoms with Crippen LogP contribution in [0, 0.1) is 6.92 Å². The molecule has 3 rings (SSSR count). The van der Waals surface area contributed by atoms with Crippen LogP contribution in [0.2, 0.25) is 0 Å². The minimum Gasteiger partial charge on any atom is -0.508 e. The van der Waals surface area contributed by atoms with E-state index in [1.54, 1.807) is 12.1 Å². The van der Waals surface area contributed by atoms with Crippen LogP contribution < -0.4 is 10.2 Å². The van der Waals surface area contributed by atoms with Crippen LogP contribution in [0.15, 0.2) is 48.5 Å². The normalized spacial score (nSPS) is 15.5. The van der Waals surface area contributed by atoms with Crippen molar-refractivity contribution in [2.24, 2.45) is 0 Å². The molecule has 1 atom stereocenters. The number of nitrogens with zero attached hydrogens (tertiary/aromatic N) is 2. The number of amides is 2. The van der Waals surface area contributed by atoms with Crippen molar-refractivity contribution in [2.45, 2.75) is 32.7 Å². The molecule has 1 heterocycles. The van der Waals surface area contributed by atoms with Gasteiger partial charge in [-0.15, -0.1) is 0 Å². The van der Waals surface area contributed by atoms with Crippen LogP contribution >= 0.6 is 0 Å². The number of hydrogen-bond donors (Lipinski definition) is 2. The summed E-state index contributed by atoms with van der Waals surface area (Å²) in [5.41, 5.74) is 3.66. The summed E-state index contributed by atoms with van der Waals surface area (Å²) in [5, 5.41) is 12.5. The number of nitrogens with one attached hydrogen (secondary N) is 1. The van der Waals surface area contributed by atoms with Gasteiger partial charge >= 0.3 is 6.03 Å². The summed E-state index contributed by atoms with van der Waals surface area (Å²) < 4.78 is 0. The Labute approximate surface area is 161 Å². The van der Waals surface area contributed by atoms with Crippen molar-refractivity contribution >= 4 is 11.7 Å². The quantitative estimate of drug-likeness (QED) is 0.850. The number of benzene rings is 2. The highest BCUT2D eigenvalue weighted by Gasteiger charge is 2.22. The van der Waals surface area contributed by atoms with Gasteiger partial charge in [0.1, 0.15) is 5.75 Å². The van der Waals surface area contributed by atoms with Gasteiger partial charge in [-0.2, -0.15) is 0 Å². The van der Waals surface area contributed by atoms with Gasteiger partial charge in [-0.1, -0.05) is 24.3 Å². The molecule has 0 saturated carbocycles. The number of anilines is 1. The first-order valence-electron chi connectivity index (χ1n) is 9.66. The Morgan fingerprint density at radius 1 is 1.11 bits per heavy atom. The standard InChI is InChI=1S/C22H29N3O2/c1-17-4-3-5-20(16-17)24-12-14-25(15-13-24)22(27)23-18(2)6-7-19-8-10-21(26)11-9-19/h3-5,8-11,16,18,26H,6-7,12-15H2,1-2H3,(H,23,27). The van der Waals surface area contributed by atoms with Crippen LogP contribution in [-0.4, -0.2) is 48.3 Å². The summed E-state index contributed by atoms with van der Waals surface area (Å²) in [5.74, 6) is 0.282. The molecule has 1 aliphatic rings. The van der Waals surface area contributed by atoms with Gasteiger partial charge in [0, 0.05) is 37.9 Å². The second-order valence-electron chi connectivity index (χ2n) is 7.37. The fraction of sp³-hybridized carbons (Fsp3) is 0.409. The molecule has 0 spiro atoms. The Bertz CT molecular complexity index is 752. The van der Waals surface area contributed by atoms with E-state index in [1.807, 2.05) is 24.0 Å². The van der Waals surface area contributed by atoms with E-state index in [0.717, 1.165) is 39.0 Å². The lowest BCUT2D eigenvalue weighted by Crippen LogP contribution is -2.53. The molecule has 1 unspecified atom stereocenters. The van der Waals surface area contributed by atoms with Crippen LogP contribution in [0.4, 0.5) is 10.5 Å². The number of piperazine rings is 1. The molecule has 0 bridgehead atoms. The minimum atomic E-state index is 0.0251. The maximum Gasteiger partial charge on any atom is 0.317 e. The van der Waals surface area contributed by atoms with E-state index in [4.69, 9.17) is 0 Å². The van der Waals surface area contributed by atoms with E-state index in [9.17, 15) is 9.90 Å². The van der Waals surface area contributed by atoms with Gasteiger partial charge in [0.05, 0.1) is 0 Å². The molecule has 1 aliphatic heterocycles. The summed E-state index contributed by atoms with van der Waals surface area (Å²) in [6.07, 6.45) is 1.75. The van der Waals surface area contributed by atoms with Crippen molar-refractivity contribution in [1.29, 1.82) is 0 Å². The van der Waals surface area contributed by atoms with Crippen LogP contribution in [0.25, 0.3) is 0 Å². The third-order valence-electron chi connectivity index (χ3n) is 5.11. The van der Waals surface area contributed by atoms with Crippen molar-refractivity contribution in [3.63, 3.8) is 0 Å². The van der Waals surface area contributed by atoms with E-state index in [2.05, 4.69) is 41.4 Å². The zero-order chi connectivity index (χ0) is 19.2. The zero-order valence-electron chi connectivity index (χ0n) is 16.2. The molecule has 2 amide bonds. The molecular formula is C22H29N3O2. The second-order valence-corrected chi connectivity index (χ2v) is 7.37. The first kappa shape index (κ1) is 19.1. The zero-order valence-corrected chi connectivity index (χ0v) is 16.2. The lowest BCUT2D eigenvalue weighted by molar-refractivity contribution is 0.190. The van der Waals surface area contributed by atoms with E-state index in [1.165, 1.54) is 16.8 Å². The lowest BCUT2D eigenvalue weighted by atomic mass is 10.1. The highest BCUT2D eigenvalue weighted by Crippen LogP contribution is 2.18. The first-order chi connectivity index (χ1) is 13.0. The fourth-order valence-corrected chi connectivity index (χ4v) is 3.41. The monoisotopic (exact) mass is 367 g/mol. The van der Waals surface area contributed by atoms with Crippen molar-refractivity contribution < 1.29 is 9.90 Å².